The molecule has 0 amide bonds. The van der Waals surface area contributed by atoms with Crippen LogP contribution in [0.3, 0.4) is 0 Å². The average molecular weight is 355 g/mol. The smallest absolute Gasteiger partial charge is 0.338 e. The van der Waals surface area contributed by atoms with Gasteiger partial charge in [0.05, 0.1) is 24.3 Å². The molecule has 1 aromatic rings. The van der Waals surface area contributed by atoms with Crippen LogP contribution in [0.4, 0.5) is 0 Å². The zero-order valence-corrected chi connectivity index (χ0v) is 14.8. The van der Waals surface area contributed by atoms with Crippen LogP contribution in [0.25, 0.3) is 0 Å². The normalized spacial score (nSPS) is 11.1. The fourth-order valence-corrected chi connectivity index (χ4v) is 1.56. The number of hydrogen-bond acceptors (Lipinski definition) is 7. The van der Waals surface area contributed by atoms with Gasteiger partial charge in [0, 0.05) is 0 Å². The second kappa shape index (κ2) is 11.0. The van der Waals surface area contributed by atoms with E-state index in [0.29, 0.717) is 0 Å². The third kappa shape index (κ3) is 8.16. The highest BCUT2D eigenvalue weighted by molar-refractivity contribution is 5.96. The molecular weight excluding hydrogens is 330 g/mol. The summed E-state index contributed by atoms with van der Waals surface area (Å²) < 4.78 is 9.55. The van der Waals surface area contributed by atoms with Gasteiger partial charge in [0.2, 0.25) is 0 Å². The van der Waals surface area contributed by atoms with E-state index < -0.39 is 23.9 Å². The standard InChI is InChI=1S/C12H14O5.C5H11NO2/c1-3-16-11(14)8-5-9(7-10(13)6-8)12(15)17-4-2;1-3(2)4(6)5(7)8/h5-7,13H,3-4H2,1-2H3;3-4H,6H2,1-2H3,(H,7,8)/t;4-/m.0/s1. The number of carboxylic acid groups (broad SMARTS) is 1. The first kappa shape index (κ1) is 22.4. The molecule has 0 aromatic heterocycles. The number of aliphatic carboxylic acids is 1. The highest BCUT2D eigenvalue weighted by Gasteiger charge is 2.15. The monoisotopic (exact) mass is 355 g/mol. The summed E-state index contributed by atoms with van der Waals surface area (Å²) in [5.41, 5.74) is 5.40. The fraction of sp³-hybridized carbons (Fsp3) is 0.471. The van der Waals surface area contributed by atoms with Crippen LogP contribution in [0.5, 0.6) is 5.75 Å². The predicted molar refractivity (Wildman–Crippen MR) is 90.5 cm³/mol. The molecule has 4 N–H and O–H groups in total. The van der Waals surface area contributed by atoms with Gasteiger partial charge in [-0.3, -0.25) is 4.79 Å². The van der Waals surface area contributed by atoms with Crippen LogP contribution < -0.4 is 5.73 Å². The summed E-state index contributed by atoms with van der Waals surface area (Å²) in [7, 11) is 0. The Kier molecular flexibility index (Phi) is 9.88. The quantitative estimate of drug-likeness (QED) is 0.657. The van der Waals surface area contributed by atoms with Crippen molar-refractivity contribution in [2.45, 2.75) is 33.7 Å². The van der Waals surface area contributed by atoms with Crippen molar-refractivity contribution in [3.05, 3.63) is 29.3 Å². The van der Waals surface area contributed by atoms with E-state index in [-0.39, 0.29) is 36.0 Å². The third-order valence-corrected chi connectivity index (χ3v) is 2.94. The molecule has 8 nitrogen and oxygen atoms in total. The number of hydrogen-bond donors (Lipinski definition) is 3. The topological polar surface area (TPSA) is 136 Å². The maximum absolute atomic E-state index is 11.4. The number of esters is 2. The van der Waals surface area contributed by atoms with E-state index >= 15 is 0 Å². The zero-order valence-electron chi connectivity index (χ0n) is 14.8. The number of phenolic OH excluding ortho intramolecular Hbond substituents is 1. The van der Waals surface area contributed by atoms with Gasteiger partial charge >= 0.3 is 17.9 Å². The molecule has 8 heteroatoms. The first-order chi connectivity index (χ1) is 11.6. The number of nitrogens with two attached hydrogens (primary N) is 1. The van der Waals surface area contributed by atoms with Crippen molar-refractivity contribution < 1.29 is 34.1 Å². The van der Waals surface area contributed by atoms with Crippen molar-refractivity contribution in [3.63, 3.8) is 0 Å². The Morgan fingerprint density at radius 3 is 1.64 bits per heavy atom. The summed E-state index contributed by atoms with van der Waals surface area (Å²) in [5.74, 6) is -2.27. The van der Waals surface area contributed by atoms with Gasteiger partial charge in [-0.1, -0.05) is 13.8 Å². The van der Waals surface area contributed by atoms with E-state index in [1.54, 1.807) is 27.7 Å². The number of phenols is 1. The zero-order chi connectivity index (χ0) is 19.6. The number of ether oxygens (including phenoxy) is 2. The predicted octanol–water partition coefficient (Wildman–Crippen LogP) is 1.80. The molecule has 140 valence electrons. The van der Waals surface area contributed by atoms with Gasteiger partial charge in [-0.15, -0.1) is 0 Å². The van der Waals surface area contributed by atoms with Gasteiger partial charge in [0.25, 0.3) is 0 Å². The number of carboxylic acids is 1. The number of benzene rings is 1. The summed E-state index contributed by atoms with van der Waals surface area (Å²) in [6.45, 7) is 7.35. The highest BCUT2D eigenvalue weighted by atomic mass is 16.5. The lowest BCUT2D eigenvalue weighted by molar-refractivity contribution is -0.139. The molecule has 0 saturated heterocycles. The maximum Gasteiger partial charge on any atom is 0.338 e. The van der Waals surface area contributed by atoms with Gasteiger partial charge in [0.1, 0.15) is 11.8 Å². The first-order valence-corrected chi connectivity index (χ1v) is 7.80. The van der Waals surface area contributed by atoms with E-state index in [1.165, 1.54) is 18.2 Å². The van der Waals surface area contributed by atoms with Gasteiger partial charge in [-0.25, -0.2) is 9.59 Å². The van der Waals surface area contributed by atoms with Gasteiger partial charge in [-0.2, -0.15) is 0 Å². The Bertz CT molecular complexity index is 562. The van der Waals surface area contributed by atoms with Crippen molar-refractivity contribution in [1.82, 2.24) is 0 Å². The van der Waals surface area contributed by atoms with Gasteiger partial charge in [0.15, 0.2) is 0 Å². The lowest BCUT2D eigenvalue weighted by atomic mass is 10.1. The number of rotatable bonds is 6. The summed E-state index contributed by atoms with van der Waals surface area (Å²) in [6.07, 6.45) is 0. The molecule has 1 atom stereocenters. The van der Waals surface area contributed by atoms with Crippen LogP contribution in [0.2, 0.25) is 0 Å². The van der Waals surface area contributed by atoms with Gasteiger partial charge < -0.3 is 25.4 Å². The lowest BCUT2D eigenvalue weighted by Crippen LogP contribution is -2.34. The van der Waals surface area contributed by atoms with Crippen molar-refractivity contribution >= 4 is 17.9 Å². The molecular formula is C17H25NO7. The Morgan fingerprint density at radius 1 is 1.00 bits per heavy atom. The molecule has 0 aliphatic carbocycles. The number of carbonyl (C=O) groups excluding carboxylic acids is 2. The Balaban J connectivity index is 0.000000609. The Labute approximate surface area is 146 Å². The molecule has 0 unspecified atom stereocenters. The minimum absolute atomic E-state index is 0.0208. The molecule has 0 heterocycles. The second-order valence-corrected chi connectivity index (χ2v) is 5.32. The molecule has 0 saturated carbocycles. The van der Waals surface area contributed by atoms with Crippen molar-refractivity contribution in [2.75, 3.05) is 13.2 Å². The number of carbonyl (C=O) groups is 3. The summed E-state index contributed by atoms with van der Waals surface area (Å²) in [4.78, 5) is 32.9. The molecule has 0 fully saturated rings. The first-order valence-electron chi connectivity index (χ1n) is 7.80. The molecule has 0 aliphatic heterocycles. The highest BCUT2D eigenvalue weighted by Crippen LogP contribution is 2.17. The minimum atomic E-state index is -0.931. The van der Waals surface area contributed by atoms with E-state index in [0.717, 1.165) is 0 Å². The third-order valence-electron chi connectivity index (χ3n) is 2.94. The molecule has 1 rings (SSSR count). The fourth-order valence-electron chi connectivity index (χ4n) is 1.56. The van der Waals surface area contributed by atoms with Crippen LogP contribution in [0, 0.1) is 5.92 Å². The molecule has 0 aliphatic rings. The van der Waals surface area contributed by atoms with Crippen molar-refractivity contribution in [1.29, 1.82) is 0 Å². The van der Waals surface area contributed by atoms with E-state index in [4.69, 9.17) is 20.3 Å². The van der Waals surface area contributed by atoms with Crippen LogP contribution in [-0.2, 0) is 14.3 Å². The summed E-state index contributed by atoms with van der Waals surface area (Å²) >= 11 is 0. The lowest BCUT2D eigenvalue weighted by Gasteiger charge is -2.07. The summed E-state index contributed by atoms with van der Waals surface area (Å²) in [6, 6.07) is 3.09. The van der Waals surface area contributed by atoms with Crippen LogP contribution in [0.15, 0.2) is 18.2 Å². The molecule has 0 radical (unpaired) electrons. The number of aromatic hydroxyl groups is 1. The second-order valence-electron chi connectivity index (χ2n) is 5.32. The van der Waals surface area contributed by atoms with Gasteiger partial charge in [-0.05, 0) is 38.0 Å². The molecule has 1 aromatic carbocycles. The Hall–Kier alpha value is -2.61. The SMILES string of the molecule is CC(C)[C@H](N)C(=O)O.CCOC(=O)c1cc(O)cc(C(=O)OCC)c1. The maximum atomic E-state index is 11.4. The molecule has 0 bridgehead atoms. The Morgan fingerprint density at radius 2 is 1.40 bits per heavy atom. The van der Waals surface area contributed by atoms with Crippen molar-refractivity contribution in [2.24, 2.45) is 11.7 Å². The van der Waals surface area contributed by atoms with E-state index in [1.807, 2.05) is 0 Å². The van der Waals surface area contributed by atoms with Crippen LogP contribution >= 0.6 is 0 Å². The molecule has 25 heavy (non-hydrogen) atoms. The average Bonchev–Trinajstić information content (AvgIpc) is 2.54. The van der Waals surface area contributed by atoms with Crippen LogP contribution in [0.1, 0.15) is 48.4 Å². The van der Waals surface area contributed by atoms with E-state index in [9.17, 15) is 19.5 Å². The largest absolute Gasteiger partial charge is 0.508 e. The van der Waals surface area contributed by atoms with Crippen LogP contribution in [-0.4, -0.2) is 47.4 Å². The van der Waals surface area contributed by atoms with E-state index in [2.05, 4.69) is 0 Å². The summed E-state index contributed by atoms with van der Waals surface area (Å²) in [5, 5.41) is 17.6. The van der Waals surface area contributed by atoms with Crippen molar-refractivity contribution in [3.8, 4) is 5.75 Å². The minimum Gasteiger partial charge on any atom is -0.508 e. The molecule has 0 spiro atoms.